The summed E-state index contributed by atoms with van der Waals surface area (Å²) in [5, 5.41) is 17.0. The molecule has 0 saturated carbocycles. The fraction of sp³-hybridized carbons (Fsp3) is 0.267. The predicted octanol–water partition coefficient (Wildman–Crippen LogP) is 5.10. The number of carbonyl (C=O) groups excluding carboxylic acids is 2. The van der Waals surface area contributed by atoms with Crippen LogP contribution in [-0.4, -0.2) is 45.6 Å². The standard InChI is InChI=1S/C30H33N7O3/c1-4-27(38)34-21-9-5-8-20(14-21)30(39)35-23-11-6-10-22(15-23)33-26-16-28(40-24-12-7-13-31-17-24)36-29-25(19(2)3)18-32-37(26)29/h4-6,8-11,14-16,18-19,24,31,33H,1,7,12-13,17H2,2-3H3,(H,34,38)(H,35,39)/t24-/m1/s1. The molecule has 4 N–H and O–H groups in total. The Bertz CT molecular complexity index is 1540. The number of ether oxygens (including phenoxy) is 1. The Balaban J connectivity index is 1.37. The second-order valence-corrected chi connectivity index (χ2v) is 9.99. The first-order chi connectivity index (χ1) is 19.4. The summed E-state index contributed by atoms with van der Waals surface area (Å²) in [6.45, 7) is 9.46. The molecule has 1 fully saturated rings. The van der Waals surface area contributed by atoms with E-state index in [4.69, 9.17) is 9.72 Å². The van der Waals surface area contributed by atoms with Crippen LogP contribution in [0.3, 0.4) is 0 Å². The van der Waals surface area contributed by atoms with E-state index < -0.39 is 0 Å². The number of carbonyl (C=O) groups is 2. The Morgan fingerprint density at radius 1 is 1.10 bits per heavy atom. The van der Waals surface area contributed by atoms with Crippen molar-refractivity contribution >= 4 is 40.3 Å². The number of piperidine rings is 1. The van der Waals surface area contributed by atoms with Crippen LogP contribution in [-0.2, 0) is 4.79 Å². The minimum absolute atomic E-state index is 0.0594. The number of nitrogens with one attached hydrogen (secondary N) is 4. The van der Waals surface area contributed by atoms with E-state index in [2.05, 4.69) is 46.8 Å². The fourth-order valence-corrected chi connectivity index (χ4v) is 4.56. The molecule has 1 saturated heterocycles. The number of anilines is 4. The maximum atomic E-state index is 13.0. The summed E-state index contributed by atoms with van der Waals surface area (Å²) < 4.78 is 8.04. The average Bonchev–Trinajstić information content (AvgIpc) is 3.39. The van der Waals surface area contributed by atoms with Crippen LogP contribution >= 0.6 is 0 Å². The van der Waals surface area contributed by atoms with Crippen LogP contribution in [0.15, 0.2) is 73.4 Å². The SMILES string of the molecule is C=CC(=O)Nc1cccc(C(=O)Nc2cccc(Nc3cc(O[C@@H]4CCCNC4)nc4c(C(C)C)cnn34)c2)c1. The molecule has 2 aromatic carbocycles. The van der Waals surface area contributed by atoms with Gasteiger partial charge in [0.2, 0.25) is 11.8 Å². The lowest BCUT2D eigenvalue weighted by atomic mass is 10.1. The van der Waals surface area contributed by atoms with Gasteiger partial charge >= 0.3 is 0 Å². The van der Waals surface area contributed by atoms with Crippen molar-refractivity contribution in [2.45, 2.75) is 38.7 Å². The van der Waals surface area contributed by atoms with Crippen molar-refractivity contribution in [2.75, 3.05) is 29.0 Å². The van der Waals surface area contributed by atoms with Gasteiger partial charge in [-0.15, -0.1) is 0 Å². The Morgan fingerprint density at radius 3 is 2.62 bits per heavy atom. The molecule has 0 bridgehead atoms. The molecular weight excluding hydrogens is 506 g/mol. The maximum absolute atomic E-state index is 13.0. The summed E-state index contributed by atoms with van der Waals surface area (Å²) in [5.41, 5.74) is 4.05. The topological polar surface area (TPSA) is 122 Å². The molecule has 4 aromatic rings. The van der Waals surface area contributed by atoms with Crippen molar-refractivity contribution in [3.63, 3.8) is 0 Å². The van der Waals surface area contributed by atoms with E-state index >= 15 is 0 Å². The monoisotopic (exact) mass is 539 g/mol. The molecule has 2 aromatic heterocycles. The molecule has 0 aliphatic carbocycles. The molecule has 0 unspecified atom stereocenters. The average molecular weight is 540 g/mol. The molecule has 10 nitrogen and oxygen atoms in total. The first-order valence-corrected chi connectivity index (χ1v) is 13.4. The highest BCUT2D eigenvalue weighted by Crippen LogP contribution is 2.28. The van der Waals surface area contributed by atoms with Gasteiger partial charge in [-0.1, -0.05) is 32.6 Å². The minimum Gasteiger partial charge on any atom is -0.473 e. The van der Waals surface area contributed by atoms with Crippen molar-refractivity contribution < 1.29 is 14.3 Å². The van der Waals surface area contributed by atoms with E-state index in [1.807, 2.05) is 36.5 Å². The van der Waals surface area contributed by atoms with Crippen molar-refractivity contribution in [3.8, 4) is 5.88 Å². The van der Waals surface area contributed by atoms with Gasteiger partial charge in [0.25, 0.3) is 5.91 Å². The van der Waals surface area contributed by atoms with Gasteiger partial charge in [-0.25, -0.2) is 0 Å². The van der Waals surface area contributed by atoms with Gasteiger partial charge in [0.1, 0.15) is 11.9 Å². The smallest absolute Gasteiger partial charge is 0.255 e. The Morgan fingerprint density at radius 2 is 1.88 bits per heavy atom. The number of nitrogens with zero attached hydrogens (tertiary/aromatic N) is 3. The van der Waals surface area contributed by atoms with Gasteiger partial charge in [-0.2, -0.15) is 14.6 Å². The van der Waals surface area contributed by atoms with Crippen LogP contribution < -0.4 is 26.0 Å². The van der Waals surface area contributed by atoms with Crippen LogP contribution in [0, 0.1) is 0 Å². The molecule has 1 aliphatic heterocycles. The van der Waals surface area contributed by atoms with Crippen LogP contribution in [0.25, 0.3) is 5.65 Å². The van der Waals surface area contributed by atoms with Crippen LogP contribution in [0.5, 0.6) is 5.88 Å². The molecule has 3 heterocycles. The lowest BCUT2D eigenvalue weighted by Gasteiger charge is -2.23. The predicted molar refractivity (Wildman–Crippen MR) is 157 cm³/mol. The summed E-state index contributed by atoms with van der Waals surface area (Å²) in [5.74, 6) is 0.835. The minimum atomic E-state index is -0.344. The summed E-state index contributed by atoms with van der Waals surface area (Å²) in [4.78, 5) is 29.4. The number of hydrogen-bond donors (Lipinski definition) is 4. The van der Waals surface area contributed by atoms with Crippen molar-refractivity contribution in [3.05, 3.63) is 84.6 Å². The highest BCUT2D eigenvalue weighted by atomic mass is 16.5. The molecule has 40 heavy (non-hydrogen) atoms. The Labute approximate surface area is 232 Å². The number of benzene rings is 2. The highest BCUT2D eigenvalue weighted by molar-refractivity contribution is 6.06. The van der Waals surface area contributed by atoms with Gasteiger partial charge < -0.3 is 26.0 Å². The molecule has 206 valence electrons. The summed E-state index contributed by atoms with van der Waals surface area (Å²) in [6.07, 6.45) is 5.12. The van der Waals surface area contributed by atoms with E-state index in [1.165, 1.54) is 6.08 Å². The largest absolute Gasteiger partial charge is 0.473 e. The highest BCUT2D eigenvalue weighted by Gasteiger charge is 2.19. The maximum Gasteiger partial charge on any atom is 0.255 e. The van der Waals surface area contributed by atoms with Crippen molar-refractivity contribution in [2.24, 2.45) is 0 Å². The quantitative estimate of drug-likeness (QED) is 0.218. The first-order valence-electron chi connectivity index (χ1n) is 13.4. The first kappa shape index (κ1) is 26.9. The van der Waals surface area contributed by atoms with E-state index in [-0.39, 0.29) is 23.8 Å². The van der Waals surface area contributed by atoms with E-state index in [0.717, 1.165) is 42.8 Å². The molecule has 2 amide bonds. The Hall–Kier alpha value is -4.70. The lowest BCUT2D eigenvalue weighted by Crippen LogP contribution is -2.37. The van der Waals surface area contributed by atoms with Gasteiger partial charge in [-0.05, 0) is 67.8 Å². The molecule has 5 rings (SSSR count). The molecule has 10 heteroatoms. The van der Waals surface area contributed by atoms with E-state index in [0.29, 0.717) is 28.6 Å². The van der Waals surface area contributed by atoms with Gasteiger partial charge in [0, 0.05) is 40.8 Å². The van der Waals surface area contributed by atoms with Gasteiger partial charge in [0.15, 0.2) is 5.65 Å². The normalized spacial score (nSPS) is 15.0. The second kappa shape index (κ2) is 12.0. The van der Waals surface area contributed by atoms with Crippen LogP contribution in [0.1, 0.15) is 48.5 Å². The Kier molecular flexibility index (Phi) is 8.07. The van der Waals surface area contributed by atoms with Crippen LogP contribution in [0.4, 0.5) is 22.9 Å². The lowest BCUT2D eigenvalue weighted by molar-refractivity contribution is -0.111. The van der Waals surface area contributed by atoms with Crippen molar-refractivity contribution in [1.29, 1.82) is 0 Å². The number of amides is 2. The van der Waals surface area contributed by atoms with E-state index in [1.54, 1.807) is 28.8 Å². The zero-order valence-electron chi connectivity index (χ0n) is 22.6. The summed E-state index contributed by atoms with van der Waals surface area (Å²) in [7, 11) is 0. The number of aromatic nitrogens is 3. The van der Waals surface area contributed by atoms with Crippen molar-refractivity contribution in [1.82, 2.24) is 19.9 Å². The zero-order chi connectivity index (χ0) is 28.1. The molecule has 0 radical (unpaired) electrons. The van der Waals surface area contributed by atoms with E-state index in [9.17, 15) is 9.59 Å². The zero-order valence-corrected chi connectivity index (χ0v) is 22.6. The third kappa shape index (κ3) is 6.29. The molecule has 1 atom stereocenters. The number of rotatable bonds is 9. The van der Waals surface area contributed by atoms with Gasteiger partial charge in [0.05, 0.1) is 6.20 Å². The second-order valence-electron chi connectivity index (χ2n) is 9.99. The molecule has 1 aliphatic rings. The number of hydrogen-bond acceptors (Lipinski definition) is 7. The summed E-state index contributed by atoms with van der Waals surface area (Å²) >= 11 is 0. The summed E-state index contributed by atoms with van der Waals surface area (Å²) in [6, 6.07) is 16.0. The van der Waals surface area contributed by atoms with Crippen LogP contribution in [0.2, 0.25) is 0 Å². The fourth-order valence-electron chi connectivity index (χ4n) is 4.56. The third-order valence-electron chi connectivity index (χ3n) is 6.61. The third-order valence-corrected chi connectivity index (χ3v) is 6.61. The molecular formula is C30H33N7O3. The molecule has 0 spiro atoms. The van der Waals surface area contributed by atoms with Gasteiger partial charge in [-0.3, -0.25) is 9.59 Å². The number of fused-ring (bicyclic) bond motifs is 1.